The molecule has 0 radical (unpaired) electrons. The zero-order valence-corrected chi connectivity index (χ0v) is 24.7. The van der Waals surface area contributed by atoms with Crippen molar-refractivity contribution in [2.45, 2.75) is 39.7 Å². The largest absolute Gasteiger partial charge is 0.457 e. The van der Waals surface area contributed by atoms with Crippen LogP contribution in [0.1, 0.15) is 43.1 Å². The van der Waals surface area contributed by atoms with E-state index >= 15 is 0 Å². The lowest BCUT2D eigenvalue weighted by atomic mass is 10.0. The van der Waals surface area contributed by atoms with Gasteiger partial charge in [-0.25, -0.2) is 15.0 Å². The summed E-state index contributed by atoms with van der Waals surface area (Å²) in [4.78, 5) is 28.4. The van der Waals surface area contributed by atoms with E-state index in [0.29, 0.717) is 17.1 Å². The van der Waals surface area contributed by atoms with Crippen LogP contribution in [0.4, 0.5) is 17.3 Å². The quantitative estimate of drug-likeness (QED) is 0.214. The number of amides is 1. The summed E-state index contributed by atoms with van der Waals surface area (Å²) in [7, 11) is 0. The zero-order chi connectivity index (χ0) is 29.5. The number of fused-ring (bicyclic) bond motifs is 1. The second-order valence-electron chi connectivity index (χ2n) is 11.1. The first-order chi connectivity index (χ1) is 20.3. The summed E-state index contributed by atoms with van der Waals surface area (Å²) in [5.41, 5.74) is 2.94. The average Bonchev–Trinajstić information content (AvgIpc) is 2.99. The highest BCUT2D eigenvalue weighted by Crippen LogP contribution is 2.30. The van der Waals surface area contributed by atoms with Gasteiger partial charge in [0.2, 0.25) is 0 Å². The van der Waals surface area contributed by atoms with Crippen molar-refractivity contribution < 1.29 is 14.3 Å². The average molecular weight is 570 g/mol. The van der Waals surface area contributed by atoms with Gasteiger partial charge in [0.15, 0.2) is 0 Å². The van der Waals surface area contributed by atoms with Crippen molar-refractivity contribution in [3.05, 3.63) is 72.2 Å². The van der Waals surface area contributed by atoms with E-state index in [4.69, 9.17) is 9.47 Å². The third kappa shape index (κ3) is 7.51. The third-order valence-corrected chi connectivity index (χ3v) is 7.48. The molecule has 1 aliphatic heterocycles. The van der Waals surface area contributed by atoms with E-state index in [1.807, 2.05) is 57.2 Å². The standard InChI is InChI=1S/C32H39N7O3/c1-5-32(3,4)38-31(40)23-6-9-25(10-7-23)42-28-11-8-24(18-22(28)2)37-30-26-19-29(34-20-27(26)35-21-36-30)33-12-13-39-14-16-41-17-15-39/h6-11,18-21H,5,12-17H2,1-4H3,(H,33,34)(H,38,40)(H,35,36,37). The summed E-state index contributed by atoms with van der Waals surface area (Å²) in [6, 6.07) is 15.1. The van der Waals surface area contributed by atoms with Crippen molar-refractivity contribution in [1.29, 1.82) is 0 Å². The lowest BCUT2D eigenvalue weighted by Crippen LogP contribution is -2.42. The first-order valence-electron chi connectivity index (χ1n) is 14.4. The van der Waals surface area contributed by atoms with Crippen LogP contribution in [-0.2, 0) is 4.74 Å². The van der Waals surface area contributed by atoms with Gasteiger partial charge in [0.05, 0.1) is 24.9 Å². The lowest BCUT2D eigenvalue weighted by Gasteiger charge is -2.26. The molecular formula is C32H39N7O3. The highest BCUT2D eigenvalue weighted by molar-refractivity contribution is 5.94. The van der Waals surface area contributed by atoms with Gasteiger partial charge in [-0.15, -0.1) is 0 Å². The minimum atomic E-state index is -0.254. The van der Waals surface area contributed by atoms with Crippen LogP contribution in [0.2, 0.25) is 0 Å². The Morgan fingerprint density at radius 2 is 1.83 bits per heavy atom. The smallest absolute Gasteiger partial charge is 0.251 e. The molecule has 2 aromatic heterocycles. The van der Waals surface area contributed by atoms with E-state index in [1.54, 1.807) is 18.3 Å². The number of anilines is 3. The number of benzene rings is 2. The monoisotopic (exact) mass is 569 g/mol. The molecule has 2 aromatic carbocycles. The van der Waals surface area contributed by atoms with Crippen LogP contribution in [0.3, 0.4) is 0 Å². The van der Waals surface area contributed by atoms with E-state index in [-0.39, 0.29) is 11.4 Å². The van der Waals surface area contributed by atoms with E-state index in [1.165, 1.54) is 6.33 Å². The van der Waals surface area contributed by atoms with Gasteiger partial charge >= 0.3 is 0 Å². The minimum absolute atomic E-state index is 0.0936. The number of aromatic nitrogens is 3. The molecular weight excluding hydrogens is 530 g/mol. The Morgan fingerprint density at radius 3 is 2.57 bits per heavy atom. The second-order valence-corrected chi connectivity index (χ2v) is 11.1. The van der Waals surface area contributed by atoms with Crippen molar-refractivity contribution in [2.75, 3.05) is 50.0 Å². The SMILES string of the molecule is CCC(C)(C)NC(=O)c1ccc(Oc2ccc(Nc3ncnc4cnc(NCCN5CCOCC5)cc34)cc2C)cc1. The Morgan fingerprint density at radius 1 is 1.05 bits per heavy atom. The molecule has 5 rings (SSSR count). The van der Waals surface area contributed by atoms with Crippen molar-refractivity contribution in [2.24, 2.45) is 0 Å². The molecule has 1 aliphatic rings. The molecule has 4 aromatic rings. The molecule has 0 aliphatic carbocycles. The van der Waals surface area contributed by atoms with Crippen LogP contribution in [0, 0.1) is 6.92 Å². The van der Waals surface area contributed by atoms with Crippen LogP contribution in [0.5, 0.6) is 11.5 Å². The van der Waals surface area contributed by atoms with Gasteiger partial charge in [0.1, 0.15) is 29.5 Å². The van der Waals surface area contributed by atoms with Gasteiger partial charge in [-0.3, -0.25) is 9.69 Å². The summed E-state index contributed by atoms with van der Waals surface area (Å²) >= 11 is 0. The highest BCUT2D eigenvalue weighted by Gasteiger charge is 2.19. The maximum Gasteiger partial charge on any atom is 0.251 e. The number of nitrogens with zero attached hydrogens (tertiary/aromatic N) is 4. The molecule has 220 valence electrons. The van der Waals surface area contributed by atoms with E-state index in [9.17, 15) is 4.79 Å². The number of morpholine rings is 1. The topological polar surface area (TPSA) is 114 Å². The second kappa shape index (κ2) is 13.1. The summed E-state index contributed by atoms with van der Waals surface area (Å²) in [6.07, 6.45) is 4.15. The molecule has 1 fully saturated rings. The van der Waals surface area contributed by atoms with Crippen LogP contribution in [0.15, 0.2) is 61.1 Å². The number of pyridine rings is 1. The van der Waals surface area contributed by atoms with Gasteiger partial charge in [-0.1, -0.05) is 6.92 Å². The Kier molecular flexibility index (Phi) is 9.14. The number of carbonyl (C=O) groups is 1. The van der Waals surface area contributed by atoms with Gasteiger partial charge in [0, 0.05) is 48.4 Å². The number of hydrogen-bond acceptors (Lipinski definition) is 9. The van der Waals surface area contributed by atoms with E-state index in [0.717, 1.165) is 79.5 Å². The third-order valence-electron chi connectivity index (χ3n) is 7.48. The molecule has 42 heavy (non-hydrogen) atoms. The van der Waals surface area contributed by atoms with Crippen LogP contribution in [0.25, 0.3) is 10.9 Å². The van der Waals surface area contributed by atoms with Crippen LogP contribution in [-0.4, -0.2) is 70.7 Å². The fraction of sp³-hybridized carbons (Fsp3) is 0.375. The molecule has 3 heterocycles. The molecule has 1 saturated heterocycles. The van der Waals surface area contributed by atoms with Crippen LogP contribution >= 0.6 is 0 Å². The van der Waals surface area contributed by atoms with Gasteiger partial charge in [-0.2, -0.15) is 0 Å². The Balaban J connectivity index is 1.23. The molecule has 10 nitrogen and oxygen atoms in total. The number of aryl methyl sites for hydroxylation is 1. The summed E-state index contributed by atoms with van der Waals surface area (Å²) < 4.78 is 11.6. The normalized spacial score (nSPS) is 14.0. The molecule has 0 saturated carbocycles. The maximum atomic E-state index is 12.6. The van der Waals surface area contributed by atoms with Crippen molar-refractivity contribution >= 4 is 34.1 Å². The highest BCUT2D eigenvalue weighted by atomic mass is 16.5. The molecule has 3 N–H and O–H groups in total. The number of carbonyl (C=O) groups excluding carboxylic acids is 1. The Labute approximate surface area is 246 Å². The first-order valence-corrected chi connectivity index (χ1v) is 14.4. The number of hydrogen-bond donors (Lipinski definition) is 3. The maximum absolute atomic E-state index is 12.6. The van der Waals surface area contributed by atoms with Crippen molar-refractivity contribution in [1.82, 2.24) is 25.2 Å². The van der Waals surface area contributed by atoms with E-state index in [2.05, 4.69) is 42.7 Å². The van der Waals surface area contributed by atoms with Crippen molar-refractivity contribution in [3.63, 3.8) is 0 Å². The summed E-state index contributed by atoms with van der Waals surface area (Å²) in [5.74, 6) is 2.78. The predicted octanol–water partition coefficient (Wildman–Crippen LogP) is 5.53. The zero-order valence-electron chi connectivity index (χ0n) is 24.7. The minimum Gasteiger partial charge on any atom is -0.457 e. The fourth-order valence-electron chi connectivity index (χ4n) is 4.57. The fourth-order valence-corrected chi connectivity index (χ4v) is 4.57. The van der Waals surface area contributed by atoms with E-state index < -0.39 is 0 Å². The predicted molar refractivity (Wildman–Crippen MR) is 166 cm³/mol. The summed E-state index contributed by atoms with van der Waals surface area (Å²) in [5, 5.41) is 10.8. The van der Waals surface area contributed by atoms with Gasteiger partial charge in [-0.05, 0) is 81.3 Å². The summed E-state index contributed by atoms with van der Waals surface area (Å²) in [6.45, 7) is 13.3. The van der Waals surface area contributed by atoms with Gasteiger partial charge < -0.3 is 25.4 Å². The number of nitrogens with one attached hydrogen (secondary N) is 3. The molecule has 1 amide bonds. The first kappa shape index (κ1) is 29.2. The van der Waals surface area contributed by atoms with Crippen molar-refractivity contribution in [3.8, 4) is 11.5 Å². The molecule has 0 bridgehead atoms. The Hall–Kier alpha value is -4.28. The van der Waals surface area contributed by atoms with Crippen LogP contribution < -0.4 is 20.7 Å². The molecule has 0 atom stereocenters. The lowest BCUT2D eigenvalue weighted by molar-refractivity contribution is 0.0398. The Bertz CT molecular complexity index is 1520. The number of ether oxygens (including phenoxy) is 2. The van der Waals surface area contributed by atoms with Gasteiger partial charge in [0.25, 0.3) is 5.91 Å². The molecule has 10 heteroatoms. The number of rotatable bonds is 11. The molecule has 0 unspecified atom stereocenters. The molecule has 0 spiro atoms.